The maximum Gasteiger partial charge on any atom is 0.244 e. The molecule has 0 aromatic heterocycles. The third-order valence-corrected chi connectivity index (χ3v) is 5.86. The zero-order chi connectivity index (χ0) is 19.6. The number of methoxy groups -OCH3 is 1. The molecule has 1 aliphatic rings. The number of rotatable bonds is 7. The predicted octanol–water partition coefficient (Wildman–Crippen LogP) is 3.20. The summed E-state index contributed by atoms with van der Waals surface area (Å²) in [5.74, 6) is 1.77. The molecule has 1 N–H and O–H groups in total. The van der Waals surface area contributed by atoms with Crippen molar-refractivity contribution in [1.29, 1.82) is 0 Å². The summed E-state index contributed by atoms with van der Waals surface area (Å²) in [4.78, 5) is 0.119. The molecule has 1 aliphatic heterocycles. The third kappa shape index (κ3) is 4.20. The van der Waals surface area contributed by atoms with E-state index in [1.807, 2.05) is 39.0 Å². The standard InChI is InChI=1S/C20H25NO5S/c1-5-25-18-10-15-9-14(3)26-19(15)11-16(18)12-21-27(22,23)20-8-13(2)6-7-17(20)24-4/h6-8,10-11,14,21H,5,9,12H2,1-4H3/t14-/m1/s1. The van der Waals surface area contributed by atoms with Crippen molar-refractivity contribution in [1.82, 2.24) is 4.72 Å². The molecule has 0 amide bonds. The van der Waals surface area contributed by atoms with Crippen LogP contribution >= 0.6 is 0 Å². The number of hydrogen-bond acceptors (Lipinski definition) is 5. The van der Waals surface area contributed by atoms with Gasteiger partial charge in [-0.2, -0.15) is 0 Å². The first-order chi connectivity index (χ1) is 12.8. The molecule has 0 aliphatic carbocycles. The summed E-state index contributed by atoms with van der Waals surface area (Å²) in [5.41, 5.74) is 2.66. The zero-order valence-electron chi connectivity index (χ0n) is 16.0. The average Bonchev–Trinajstić information content (AvgIpc) is 2.99. The highest BCUT2D eigenvalue weighted by Crippen LogP contribution is 2.35. The highest BCUT2D eigenvalue weighted by Gasteiger charge is 2.24. The minimum Gasteiger partial charge on any atom is -0.495 e. The minimum atomic E-state index is -3.75. The summed E-state index contributed by atoms with van der Waals surface area (Å²) in [7, 11) is -2.30. The van der Waals surface area contributed by atoms with E-state index in [4.69, 9.17) is 14.2 Å². The van der Waals surface area contributed by atoms with Gasteiger partial charge in [-0.05, 0) is 50.6 Å². The molecule has 1 atom stereocenters. The van der Waals surface area contributed by atoms with Crippen LogP contribution in [0, 0.1) is 6.92 Å². The van der Waals surface area contributed by atoms with E-state index in [0.29, 0.717) is 18.1 Å². The van der Waals surface area contributed by atoms with Crippen molar-refractivity contribution in [3.05, 3.63) is 47.0 Å². The van der Waals surface area contributed by atoms with Crippen LogP contribution in [0.4, 0.5) is 0 Å². The average molecular weight is 391 g/mol. The van der Waals surface area contributed by atoms with Crippen LogP contribution in [0.3, 0.4) is 0 Å². The van der Waals surface area contributed by atoms with Crippen molar-refractivity contribution in [3.8, 4) is 17.2 Å². The molecule has 0 fully saturated rings. The highest BCUT2D eigenvalue weighted by molar-refractivity contribution is 7.89. The van der Waals surface area contributed by atoms with Crippen LogP contribution in [0.2, 0.25) is 0 Å². The molecule has 3 rings (SSSR count). The monoisotopic (exact) mass is 391 g/mol. The van der Waals surface area contributed by atoms with Gasteiger partial charge in [0.05, 0.1) is 13.7 Å². The largest absolute Gasteiger partial charge is 0.495 e. The van der Waals surface area contributed by atoms with Gasteiger partial charge in [-0.3, -0.25) is 0 Å². The van der Waals surface area contributed by atoms with Crippen LogP contribution in [0.5, 0.6) is 17.2 Å². The van der Waals surface area contributed by atoms with Crippen molar-refractivity contribution >= 4 is 10.0 Å². The lowest BCUT2D eigenvalue weighted by atomic mass is 10.1. The molecular weight excluding hydrogens is 366 g/mol. The van der Waals surface area contributed by atoms with E-state index in [1.54, 1.807) is 12.1 Å². The van der Waals surface area contributed by atoms with Crippen LogP contribution < -0.4 is 18.9 Å². The fourth-order valence-electron chi connectivity index (χ4n) is 3.15. The molecule has 0 saturated heterocycles. The second kappa shape index (κ2) is 7.78. The quantitative estimate of drug-likeness (QED) is 0.785. The molecular formula is C20H25NO5S. The molecule has 0 spiro atoms. The van der Waals surface area contributed by atoms with Crippen molar-refractivity contribution in [2.75, 3.05) is 13.7 Å². The fraction of sp³-hybridized carbons (Fsp3) is 0.400. The number of sulfonamides is 1. The summed E-state index contributed by atoms with van der Waals surface area (Å²) in [5, 5.41) is 0. The number of fused-ring (bicyclic) bond motifs is 1. The Hall–Kier alpha value is -2.25. The van der Waals surface area contributed by atoms with Gasteiger partial charge in [-0.25, -0.2) is 13.1 Å². The first-order valence-electron chi connectivity index (χ1n) is 8.93. The van der Waals surface area contributed by atoms with Crippen LogP contribution in [0.1, 0.15) is 30.5 Å². The molecule has 146 valence electrons. The molecule has 7 heteroatoms. The summed E-state index contributed by atoms with van der Waals surface area (Å²) in [6.45, 7) is 6.34. The van der Waals surface area contributed by atoms with Gasteiger partial charge in [0, 0.05) is 24.1 Å². The number of nitrogens with one attached hydrogen (secondary N) is 1. The molecule has 2 aromatic rings. The van der Waals surface area contributed by atoms with Crippen LogP contribution in [0.25, 0.3) is 0 Å². The Labute approximate surface area is 160 Å². The van der Waals surface area contributed by atoms with E-state index < -0.39 is 10.0 Å². The van der Waals surface area contributed by atoms with Crippen molar-refractivity contribution in [2.24, 2.45) is 0 Å². The number of ether oxygens (including phenoxy) is 3. The van der Waals surface area contributed by atoms with Gasteiger partial charge in [-0.1, -0.05) is 6.07 Å². The lowest BCUT2D eigenvalue weighted by Gasteiger charge is -2.15. The van der Waals surface area contributed by atoms with Gasteiger partial charge < -0.3 is 14.2 Å². The van der Waals surface area contributed by atoms with Gasteiger partial charge in [0.2, 0.25) is 10.0 Å². The van der Waals surface area contributed by atoms with E-state index in [1.165, 1.54) is 7.11 Å². The minimum absolute atomic E-state index is 0.0970. The third-order valence-electron chi connectivity index (χ3n) is 4.44. The lowest BCUT2D eigenvalue weighted by Crippen LogP contribution is -2.24. The smallest absolute Gasteiger partial charge is 0.244 e. The Morgan fingerprint density at radius 2 is 2.00 bits per heavy atom. The zero-order valence-corrected chi connectivity index (χ0v) is 16.9. The Kier molecular flexibility index (Phi) is 5.62. The number of hydrogen-bond donors (Lipinski definition) is 1. The highest BCUT2D eigenvalue weighted by atomic mass is 32.2. The van der Waals surface area contributed by atoms with Gasteiger partial charge in [0.25, 0.3) is 0 Å². The Morgan fingerprint density at radius 1 is 1.22 bits per heavy atom. The summed E-state index contributed by atoms with van der Waals surface area (Å²) < 4.78 is 45.0. The number of aryl methyl sites for hydroxylation is 1. The Morgan fingerprint density at radius 3 is 2.70 bits per heavy atom. The van der Waals surface area contributed by atoms with Crippen LogP contribution in [0.15, 0.2) is 35.2 Å². The van der Waals surface area contributed by atoms with Gasteiger partial charge >= 0.3 is 0 Å². The van der Waals surface area contributed by atoms with Gasteiger partial charge in [0.1, 0.15) is 28.2 Å². The molecule has 0 radical (unpaired) electrons. The van der Waals surface area contributed by atoms with E-state index in [0.717, 1.165) is 28.9 Å². The van der Waals surface area contributed by atoms with Crippen molar-refractivity contribution in [3.63, 3.8) is 0 Å². The fourth-order valence-corrected chi connectivity index (χ4v) is 4.41. The summed E-state index contributed by atoms with van der Waals surface area (Å²) in [6, 6.07) is 8.86. The molecule has 1 heterocycles. The second-order valence-electron chi connectivity index (χ2n) is 6.61. The maximum atomic E-state index is 12.8. The molecule has 0 saturated carbocycles. The predicted molar refractivity (Wildman–Crippen MR) is 103 cm³/mol. The SMILES string of the molecule is CCOc1cc2c(cc1CNS(=O)(=O)c1cc(C)ccc1OC)O[C@H](C)C2. The molecule has 27 heavy (non-hydrogen) atoms. The summed E-state index contributed by atoms with van der Waals surface area (Å²) in [6.07, 6.45) is 0.931. The van der Waals surface area contributed by atoms with E-state index >= 15 is 0 Å². The lowest BCUT2D eigenvalue weighted by molar-refractivity contribution is 0.254. The number of benzene rings is 2. The first-order valence-corrected chi connectivity index (χ1v) is 10.4. The first kappa shape index (κ1) is 19.5. The Balaban J connectivity index is 1.88. The molecule has 6 nitrogen and oxygen atoms in total. The van der Waals surface area contributed by atoms with E-state index in [2.05, 4.69) is 4.72 Å². The topological polar surface area (TPSA) is 73.9 Å². The molecule has 2 aromatic carbocycles. The van der Waals surface area contributed by atoms with Crippen LogP contribution in [-0.2, 0) is 23.0 Å². The van der Waals surface area contributed by atoms with Crippen molar-refractivity contribution in [2.45, 2.75) is 44.7 Å². The molecule has 0 bridgehead atoms. The maximum absolute atomic E-state index is 12.8. The van der Waals surface area contributed by atoms with Crippen LogP contribution in [-0.4, -0.2) is 28.2 Å². The van der Waals surface area contributed by atoms with Gasteiger partial charge in [0.15, 0.2) is 0 Å². The van der Waals surface area contributed by atoms with E-state index in [-0.39, 0.29) is 17.5 Å². The second-order valence-corrected chi connectivity index (χ2v) is 8.35. The Bertz CT molecular complexity index is 940. The van der Waals surface area contributed by atoms with E-state index in [9.17, 15) is 8.42 Å². The summed E-state index contributed by atoms with van der Waals surface area (Å²) >= 11 is 0. The van der Waals surface area contributed by atoms with Gasteiger partial charge in [-0.15, -0.1) is 0 Å². The normalized spacial score (nSPS) is 15.9. The van der Waals surface area contributed by atoms with Crippen molar-refractivity contribution < 1.29 is 22.6 Å². The molecule has 0 unspecified atom stereocenters.